The summed E-state index contributed by atoms with van der Waals surface area (Å²) in [6.45, 7) is 0.177. The largest absolute Gasteiger partial charge is 0.490 e. The van der Waals surface area contributed by atoms with Crippen molar-refractivity contribution in [2.45, 2.75) is 31.0 Å². The minimum atomic E-state index is -5.76. The lowest BCUT2D eigenvalue weighted by molar-refractivity contribution is -0.0946. The second-order valence-corrected chi connectivity index (χ2v) is 12.5. The van der Waals surface area contributed by atoms with Crippen LogP contribution in [0.15, 0.2) is 12.5 Å². The fourth-order valence-corrected chi connectivity index (χ4v) is 6.73. The van der Waals surface area contributed by atoms with Crippen LogP contribution in [0.4, 0.5) is 5.82 Å². The number of hydrogen-bond donors (Lipinski definition) is 7. The zero-order valence-corrected chi connectivity index (χ0v) is 21.9. The Hall–Kier alpha value is -2.22. The Balaban J connectivity index is 1.60. The second kappa shape index (κ2) is 9.76. The van der Waals surface area contributed by atoms with E-state index in [2.05, 4.69) is 38.5 Å². The summed E-state index contributed by atoms with van der Waals surface area (Å²) in [5.41, 5.74) is 4.36. The molecule has 1 saturated heterocycles. The average Bonchev–Trinajstić information content (AvgIpc) is 3.40. The molecule has 24 heteroatoms. The third kappa shape index (κ3) is 5.85. The number of nitrogen functional groups attached to an aromatic ring is 1. The van der Waals surface area contributed by atoms with Crippen molar-refractivity contribution in [1.82, 2.24) is 34.7 Å². The van der Waals surface area contributed by atoms with Crippen molar-refractivity contribution >= 4 is 40.3 Å². The van der Waals surface area contributed by atoms with Crippen LogP contribution >= 0.6 is 23.5 Å². The van der Waals surface area contributed by atoms with Gasteiger partial charge < -0.3 is 44.8 Å². The third-order valence-electron chi connectivity index (χ3n) is 5.21. The lowest BCUT2D eigenvalue weighted by Gasteiger charge is -2.27. The van der Waals surface area contributed by atoms with E-state index >= 15 is 0 Å². The van der Waals surface area contributed by atoms with Crippen molar-refractivity contribution in [3.63, 3.8) is 0 Å². The van der Waals surface area contributed by atoms with Gasteiger partial charge in [0, 0.05) is 6.20 Å². The summed E-state index contributed by atoms with van der Waals surface area (Å²) < 4.78 is 53.1. The summed E-state index contributed by atoms with van der Waals surface area (Å²) in [5.74, 6) is 0.152. The van der Waals surface area contributed by atoms with Crippen molar-refractivity contribution in [3.8, 4) is 11.4 Å². The van der Waals surface area contributed by atoms with Gasteiger partial charge >= 0.3 is 23.5 Å². The summed E-state index contributed by atoms with van der Waals surface area (Å²) in [6.07, 6.45) is -2.21. The number of aryl methyl sites for hydroxylation is 1. The zero-order chi connectivity index (χ0) is 28.3. The number of aliphatic hydroxyl groups is 2. The molecule has 0 aromatic carbocycles. The summed E-state index contributed by atoms with van der Waals surface area (Å²) in [7, 11) is -15.3. The van der Waals surface area contributed by atoms with Crippen LogP contribution in [0.1, 0.15) is 13.2 Å². The van der Waals surface area contributed by atoms with E-state index in [-0.39, 0.29) is 22.7 Å². The number of phosphoric ester groups is 1. The molecule has 3 aromatic heterocycles. The Morgan fingerprint density at radius 3 is 2.45 bits per heavy atom. The van der Waals surface area contributed by atoms with Crippen molar-refractivity contribution in [3.05, 3.63) is 12.5 Å². The molecule has 0 bridgehead atoms. The van der Waals surface area contributed by atoms with E-state index in [4.69, 9.17) is 20.3 Å². The minimum absolute atomic E-state index is 0.0265. The van der Waals surface area contributed by atoms with Crippen LogP contribution in [0.2, 0.25) is 0 Å². The molecule has 0 saturated carbocycles. The maximum absolute atomic E-state index is 12.1. The van der Waals surface area contributed by atoms with Gasteiger partial charge in [0.2, 0.25) is 5.82 Å². The quantitative estimate of drug-likeness (QED) is 0.138. The minimum Gasteiger partial charge on any atom is -0.387 e. The number of nitrogens with zero attached hydrogens (tertiary/aromatic N) is 7. The fourth-order valence-electron chi connectivity index (χ4n) is 3.70. The number of nitrogens with two attached hydrogens (primary N) is 1. The molecular formula is C14H21N8O13P3. The predicted molar refractivity (Wildman–Crippen MR) is 120 cm³/mol. The molecule has 6 atom stereocenters. The van der Waals surface area contributed by atoms with E-state index in [1.807, 2.05) is 0 Å². The number of tetrazole rings is 1. The SMILES string of the molecule is Cn1nnc(-c2cn([C@@H]3O[C@H](COP(=O)(O)OP(=O)(O)OP(=O)(O)O)[C@@H](O)[C@@]3(C)O)c3ncnc(N)c23)n1. The summed E-state index contributed by atoms with van der Waals surface area (Å²) in [6, 6.07) is 0. The monoisotopic (exact) mass is 602 g/mol. The van der Waals surface area contributed by atoms with Gasteiger partial charge in [0.1, 0.15) is 35.6 Å². The van der Waals surface area contributed by atoms with Crippen molar-refractivity contribution < 1.29 is 61.4 Å². The lowest BCUT2D eigenvalue weighted by atomic mass is 9.96. The van der Waals surface area contributed by atoms with Crippen molar-refractivity contribution in [2.75, 3.05) is 12.3 Å². The van der Waals surface area contributed by atoms with Gasteiger partial charge in [-0.05, 0) is 12.1 Å². The molecule has 0 amide bonds. The van der Waals surface area contributed by atoms with Crippen molar-refractivity contribution in [2.24, 2.45) is 7.05 Å². The molecule has 2 unspecified atom stereocenters. The van der Waals surface area contributed by atoms with Crippen molar-refractivity contribution in [1.29, 1.82) is 0 Å². The van der Waals surface area contributed by atoms with Gasteiger partial charge in [-0.15, -0.1) is 10.2 Å². The van der Waals surface area contributed by atoms with Gasteiger partial charge in [0.25, 0.3) is 0 Å². The lowest BCUT2D eigenvalue weighted by Crippen LogP contribution is -2.44. The Morgan fingerprint density at radius 1 is 1.16 bits per heavy atom. The molecular weight excluding hydrogens is 581 g/mol. The highest BCUT2D eigenvalue weighted by Gasteiger charge is 2.54. The molecule has 21 nitrogen and oxygen atoms in total. The number of rotatable bonds is 9. The Morgan fingerprint density at radius 2 is 1.84 bits per heavy atom. The van der Waals surface area contributed by atoms with Gasteiger partial charge in [0.15, 0.2) is 6.23 Å². The number of ether oxygens (including phenoxy) is 1. The number of aromatic nitrogens is 7. The second-order valence-electron chi connectivity index (χ2n) is 8.09. The highest BCUT2D eigenvalue weighted by molar-refractivity contribution is 7.66. The normalized spacial score (nSPS) is 27.4. The molecule has 0 radical (unpaired) electrons. The molecule has 3 aromatic rings. The van der Waals surface area contributed by atoms with Crippen LogP contribution in [0.3, 0.4) is 0 Å². The van der Waals surface area contributed by atoms with Gasteiger partial charge in [-0.1, -0.05) is 0 Å². The van der Waals surface area contributed by atoms with Crippen LogP contribution in [-0.4, -0.2) is 88.9 Å². The van der Waals surface area contributed by atoms with E-state index in [0.717, 1.165) is 6.33 Å². The van der Waals surface area contributed by atoms with Crippen LogP contribution in [0, 0.1) is 0 Å². The van der Waals surface area contributed by atoms with Gasteiger partial charge in [-0.2, -0.15) is 13.4 Å². The molecule has 1 aliphatic heterocycles. The number of hydrogen-bond acceptors (Lipinski definition) is 15. The Kier molecular flexibility index (Phi) is 7.39. The number of aliphatic hydroxyl groups excluding tert-OH is 1. The van der Waals surface area contributed by atoms with Crippen LogP contribution < -0.4 is 5.73 Å². The molecule has 4 heterocycles. The molecule has 4 rings (SSSR count). The highest BCUT2D eigenvalue weighted by atomic mass is 31.3. The van der Waals surface area contributed by atoms with E-state index in [0.29, 0.717) is 5.56 Å². The highest BCUT2D eigenvalue weighted by Crippen LogP contribution is 2.66. The molecule has 8 N–H and O–H groups in total. The molecule has 1 aliphatic rings. The molecule has 1 fully saturated rings. The first kappa shape index (κ1) is 28.8. The van der Waals surface area contributed by atoms with E-state index in [9.17, 15) is 33.7 Å². The first-order chi connectivity index (χ1) is 17.4. The first-order valence-electron chi connectivity index (χ1n) is 10.1. The van der Waals surface area contributed by atoms with E-state index < -0.39 is 54.1 Å². The van der Waals surface area contributed by atoms with Crippen LogP contribution in [0.25, 0.3) is 22.4 Å². The summed E-state index contributed by atoms with van der Waals surface area (Å²) >= 11 is 0. The Bertz CT molecular complexity index is 1500. The fraction of sp³-hybridized carbons (Fsp3) is 0.500. The number of anilines is 1. The molecule has 0 aliphatic carbocycles. The summed E-state index contributed by atoms with van der Waals surface area (Å²) in [4.78, 5) is 45.4. The molecule has 0 spiro atoms. The first-order valence-corrected chi connectivity index (χ1v) is 14.6. The van der Waals surface area contributed by atoms with Gasteiger partial charge in [0.05, 0.1) is 24.6 Å². The van der Waals surface area contributed by atoms with E-state index in [1.165, 1.54) is 29.5 Å². The van der Waals surface area contributed by atoms with Gasteiger partial charge in [-0.25, -0.2) is 23.7 Å². The van der Waals surface area contributed by atoms with Crippen LogP contribution in [-0.2, 0) is 38.6 Å². The third-order valence-corrected chi connectivity index (χ3v) is 9.02. The maximum Gasteiger partial charge on any atom is 0.490 e. The summed E-state index contributed by atoms with van der Waals surface area (Å²) in [5, 5.41) is 33.8. The smallest absolute Gasteiger partial charge is 0.387 e. The number of fused-ring (bicyclic) bond motifs is 1. The van der Waals surface area contributed by atoms with Crippen LogP contribution in [0.5, 0.6) is 0 Å². The zero-order valence-electron chi connectivity index (χ0n) is 19.2. The van der Waals surface area contributed by atoms with E-state index in [1.54, 1.807) is 0 Å². The predicted octanol–water partition coefficient (Wildman–Crippen LogP) is -1.44. The molecule has 38 heavy (non-hydrogen) atoms. The molecule has 210 valence electrons. The van der Waals surface area contributed by atoms with Gasteiger partial charge in [-0.3, -0.25) is 4.52 Å². The Labute approximate surface area is 211 Å². The maximum atomic E-state index is 12.1. The topological polar surface area (TPSA) is 310 Å². The average molecular weight is 602 g/mol. The standard InChI is InChI=1S/C14H21N8O13P3/c1-14(24)9(23)7(4-32-37(28,29)35-38(30,31)34-36(25,26)27)33-13(14)22-3-6(11-18-20-21(2)19-11)8-10(15)16-5-17-12(8)22/h3,5,7,9,13,23-24H,4H2,1-2H3,(H,28,29)(H,30,31)(H2,15,16,17)(H2,25,26,27)/t7-,9-,13-,14-/m1/s1. The number of phosphoric acid groups is 3.